The normalized spacial score (nSPS) is 14.9. The Morgan fingerprint density at radius 2 is 2.32 bits per heavy atom. The first-order valence-corrected chi connectivity index (χ1v) is 6.43. The van der Waals surface area contributed by atoms with Crippen LogP contribution in [0.4, 0.5) is 5.69 Å². The van der Waals surface area contributed by atoms with Gasteiger partial charge in [-0.25, -0.2) is 0 Å². The molecular formula is C13H15N5O. The molecule has 1 aliphatic rings. The van der Waals surface area contributed by atoms with E-state index in [4.69, 9.17) is 0 Å². The number of H-pyrrole nitrogens is 1. The van der Waals surface area contributed by atoms with Gasteiger partial charge in [-0.1, -0.05) is 23.8 Å². The van der Waals surface area contributed by atoms with Gasteiger partial charge in [0.1, 0.15) is 0 Å². The van der Waals surface area contributed by atoms with Crippen LogP contribution in [0, 0.1) is 5.92 Å². The third-order valence-corrected chi connectivity index (χ3v) is 3.42. The molecular weight excluding hydrogens is 242 g/mol. The molecule has 6 nitrogen and oxygen atoms in total. The number of nitrogens with one attached hydrogen (secondary N) is 2. The van der Waals surface area contributed by atoms with Crippen LogP contribution in [-0.4, -0.2) is 26.5 Å². The van der Waals surface area contributed by atoms with Gasteiger partial charge in [-0.05, 0) is 30.5 Å². The van der Waals surface area contributed by atoms with Crippen molar-refractivity contribution in [2.45, 2.75) is 25.7 Å². The van der Waals surface area contributed by atoms with Crippen LogP contribution in [0.15, 0.2) is 24.3 Å². The molecule has 0 aliphatic heterocycles. The van der Waals surface area contributed by atoms with Gasteiger partial charge in [-0.3, -0.25) is 4.79 Å². The molecule has 1 fully saturated rings. The Hall–Kier alpha value is -2.24. The fourth-order valence-corrected chi connectivity index (χ4v) is 2.11. The largest absolute Gasteiger partial charge is 0.326 e. The van der Waals surface area contributed by atoms with E-state index < -0.39 is 0 Å². The van der Waals surface area contributed by atoms with Crippen molar-refractivity contribution >= 4 is 11.6 Å². The summed E-state index contributed by atoms with van der Waals surface area (Å²) in [6.07, 6.45) is 3.78. The van der Waals surface area contributed by atoms with E-state index in [0.29, 0.717) is 12.2 Å². The van der Waals surface area contributed by atoms with Crippen LogP contribution in [0.25, 0.3) is 0 Å². The molecule has 0 bridgehead atoms. The van der Waals surface area contributed by atoms with Gasteiger partial charge in [-0.15, -0.1) is 10.2 Å². The number of anilines is 1. The summed E-state index contributed by atoms with van der Waals surface area (Å²) in [5, 5.41) is 16.7. The van der Waals surface area contributed by atoms with Gasteiger partial charge in [0, 0.05) is 18.0 Å². The van der Waals surface area contributed by atoms with Crippen LogP contribution >= 0.6 is 0 Å². The lowest BCUT2D eigenvalue weighted by Crippen LogP contribution is -2.28. The zero-order valence-corrected chi connectivity index (χ0v) is 10.5. The molecule has 1 amide bonds. The van der Waals surface area contributed by atoms with Crippen molar-refractivity contribution in [1.82, 2.24) is 20.6 Å². The topological polar surface area (TPSA) is 83.6 Å². The average molecular weight is 257 g/mol. The summed E-state index contributed by atoms with van der Waals surface area (Å²) in [5.74, 6) is 0.964. The number of amides is 1. The van der Waals surface area contributed by atoms with Gasteiger partial charge in [0.15, 0.2) is 5.82 Å². The number of rotatable bonds is 4. The van der Waals surface area contributed by atoms with E-state index in [9.17, 15) is 4.79 Å². The molecule has 1 aromatic carbocycles. The molecule has 1 saturated carbocycles. The van der Waals surface area contributed by atoms with Crippen LogP contribution in [0.1, 0.15) is 30.7 Å². The Bertz CT molecular complexity index is 562. The number of aromatic amines is 1. The highest BCUT2D eigenvalue weighted by atomic mass is 16.1. The zero-order chi connectivity index (χ0) is 13.1. The maximum Gasteiger partial charge on any atom is 0.227 e. The monoisotopic (exact) mass is 257 g/mol. The zero-order valence-electron chi connectivity index (χ0n) is 10.5. The Labute approximate surface area is 110 Å². The van der Waals surface area contributed by atoms with Gasteiger partial charge in [-0.2, -0.15) is 5.21 Å². The Kier molecular flexibility index (Phi) is 3.22. The van der Waals surface area contributed by atoms with Crippen molar-refractivity contribution in [3.8, 4) is 0 Å². The molecule has 3 rings (SSSR count). The minimum absolute atomic E-state index is 0.128. The number of benzene rings is 1. The molecule has 1 aromatic heterocycles. The molecule has 2 N–H and O–H groups in total. The van der Waals surface area contributed by atoms with Crippen molar-refractivity contribution in [3.63, 3.8) is 0 Å². The van der Waals surface area contributed by atoms with Gasteiger partial charge < -0.3 is 5.32 Å². The molecule has 0 radical (unpaired) electrons. The molecule has 98 valence electrons. The number of aromatic nitrogens is 4. The summed E-state index contributed by atoms with van der Waals surface area (Å²) >= 11 is 0. The molecule has 6 heteroatoms. The van der Waals surface area contributed by atoms with Crippen molar-refractivity contribution in [3.05, 3.63) is 35.7 Å². The minimum atomic E-state index is 0.128. The molecule has 2 aromatic rings. The standard InChI is InChI=1S/C13H15N5O/c19-13(10-4-2-5-10)14-11-6-1-3-9(7-11)8-12-15-17-18-16-12/h1,3,6-7,10H,2,4-5,8H2,(H,14,19)(H,15,16,17,18). The summed E-state index contributed by atoms with van der Waals surface area (Å²) in [7, 11) is 0. The van der Waals surface area contributed by atoms with Crippen LogP contribution < -0.4 is 5.32 Å². The van der Waals surface area contributed by atoms with Gasteiger partial charge >= 0.3 is 0 Å². The van der Waals surface area contributed by atoms with Crippen LogP contribution in [0.5, 0.6) is 0 Å². The SMILES string of the molecule is O=C(Nc1cccc(Cc2nn[nH]n2)c1)C1CCC1. The lowest BCUT2D eigenvalue weighted by atomic mass is 9.85. The molecule has 0 unspecified atom stereocenters. The minimum Gasteiger partial charge on any atom is -0.326 e. The third kappa shape index (κ3) is 2.78. The number of nitrogens with zero attached hydrogens (tertiary/aromatic N) is 3. The van der Waals surface area contributed by atoms with Crippen molar-refractivity contribution in [2.24, 2.45) is 5.92 Å². The smallest absolute Gasteiger partial charge is 0.227 e. The first-order chi connectivity index (χ1) is 9.31. The maximum absolute atomic E-state index is 11.9. The number of hydrogen-bond donors (Lipinski definition) is 2. The number of hydrogen-bond acceptors (Lipinski definition) is 4. The van der Waals surface area contributed by atoms with Crippen molar-refractivity contribution in [2.75, 3.05) is 5.32 Å². The van der Waals surface area contributed by atoms with Gasteiger partial charge in [0.05, 0.1) is 0 Å². The molecule has 19 heavy (non-hydrogen) atoms. The highest BCUT2D eigenvalue weighted by molar-refractivity contribution is 5.93. The second-order valence-electron chi connectivity index (χ2n) is 4.82. The predicted octanol–water partition coefficient (Wildman–Crippen LogP) is 1.53. The predicted molar refractivity (Wildman–Crippen MR) is 69.4 cm³/mol. The lowest BCUT2D eigenvalue weighted by molar-refractivity contribution is -0.122. The molecule has 1 heterocycles. The molecule has 1 aliphatic carbocycles. The van der Waals surface area contributed by atoms with E-state index in [1.807, 2.05) is 24.3 Å². The van der Waals surface area contributed by atoms with E-state index in [1.54, 1.807) is 0 Å². The summed E-state index contributed by atoms with van der Waals surface area (Å²) in [4.78, 5) is 11.9. The van der Waals surface area contributed by atoms with E-state index in [-0.39, 0.29) is 11.8 Å². The molecule has 0 saturated heterocycles. The van der Waals surface area contributed by atoms with E-state index >= 15 is 0 Å². The maximum atomic E-state index is 11.9. The van der Waals surface area contributed by atoms with Crippen LogP contribution in [-0.2, 0) is 11.2 Å². The lowest BCUT2D eigenvalue weighted by Gasteiger charge is -2.24. The molecule has 0 spiro atoms. The van der Waals surface area contributed by atoms with E-state index in [1.165, 1.54) is 0 Å². The first kappa shape index (κ1) is 11.8. The van der Waals surface area contributed by atoms with Crippen LogP contribution in [0.2, 0.25) is 0 Å². The van der Waals surface area contributed by atoms with Crippen molar-refractivity contribution in [1.29, 1.82) is 0 Å². The van der Waals surface area contributed by atoms with Gasteiger partial charge in [0.2, 0.25) is 5.91 Å². The number of carbonyl (C=O) groups is 1. The summed E-state index contributed by atoms with van der Waals surface area (Å²) in [5.41, 5.74) is 1.88. The highest BCUT2D eigenvalue weighted by Gasteiger charge is 2.25. The average Bonchev–Trinajstić information content (AvgIpc) is 2.79. The second-order valence-corrected chi connectivity index (χ2v) is 4.82. The van der Waals surface area contributed by atoms with Gasteiger partial charge in [0.25, 0.3) is 0 Å². The third-order valence-electron chi connectivity index (χ3n) is 3.42. The summed E-state index contributed by atoms with van der Waals surface area (Å²) in [6, 6.07) is 7.75. The quantitative estimate of drug-likeness (QED) is 0.870. The fourth-order valence-electron chi connectivity index (χ4n) is 2.11. The number of carbonyl (C=O) groups excluding carboxylic acids is 1. The van der Waals surface area contributed by atoms with E-state index in [0.717, 1.165) is 30.5 Å². The van der Waals surface area contributed by atoms with Crippen LogP contribution in [0.3, 0.4) is 0 Å². The number of tetrazole rings is 1. The highest BCUT2D eigenvalue weighted by Crippen LogP contribution is 2.27. The Morgan fingerprint density at radius 1 is 1.42 bits per heavy atom. The molecule has 0 atom stereocenters. The fraction of sp³-hybridized carbons (Fsp3) is 0.385. The summed E-state index contributed by atoms with van der Waals surface area (Å²) in [6.45, 7) is 0. The summed E-state index contributed by atoms with van der Waals surface area (Å²) < 4.78 is 0. The van der Waals surface area contributed by atoms with E-state index in [2.05, 4.69) is 25.9 Å². The Morgan fingerprint density at radius 3 is 3.00 bits per heavy atom. The van der Waals surface area contributed by atoms with Crippen molar-refractivity contribution < 1.29 is 4.79 Å². The first-order valence-electron chi connectivity index (χ1n) is 6.43. The Balaban J connectivity index is 1.67. The second kappa shape index (κ2) is 5.17.